The minimum absolute atomic E-state index is 0. The standard InChI is InChI=1S/C22H29N3O.HI/c1-3-23-22(25-17(2)18-10-6-4-7-11-18)24-16-20-14-15-26-21(20)19-12-8-5-9-13-19;/h4-13,17,20-21H,3,14-16H2,1-2H3,(H2,23,24,25);1H. The molecule has 2 aromatic carbocycles. The average molecular weight is 479 g/mol. The van der Waals surface area contributed by atoms with Crippen LogP contribution in [0.5, 0.6) is 0 Å². The van der Waals surface area contributed by atoms with Crippen LogP contribution in [0.3, 0.4) is 0 Å². The van der Waals surface area contributed by atoms with Crippen molar-refractivity contribution in [2.24, 2.45) is 10.9 Å². The van der Waals surface area contributed by atoms with Crippen LogP contribution in [0, 0.1) is 5.92 Å². The topological polar surface area (TPSA) is 45.7 Å². The molecule has 2 aromatic rings. The molecule has 1 saturated heterocycles. The molecule has 0 saturated carbocycles. The van der Waals surface area contributed by atoms with Crippen molar-refractivity contribution < 1.29 is 4.74 Å². The fraction of sp³-hybridized carbons (Fsp3) is 0.409. The van der Waals surface area contributed by atoms with E-state index < -0.39 is 0 Å². The van der Waals surface area contributed by atoms with Crippen LogP contribution in [0.2, 0.25) is 0 Å². The highest BCUT2D eigenvalue weighted by atomic mass is 127. The van der Waals surface area contributed by atoms with Gasteiger partial charge in [0.05, 0.1) is 12.1 Å². The smallest absolute Gasteiger partial charge is 0.191 e. The van der Waals surface area contributed by atoms with Gasteiger partial charge in [-0.15, -0.1) is 24.0 Å². The molecule has 3 atom stereocenters. The Morgan fingerprint density at radius 1 is 1.11 bits per heavy atom. The second kappa shape index (κ2) is 11.3. The van der Waals surface area contributed by atoms with E-state index in [-0.39, 0.29) is 36.1 Å². The number of ether oxygens (including phenoxy) is 1. The van der Waals surface area contributed by atoms with E-state index in [9.17, 15) is 0 Å². The summed E-state index contributed by atoms with van der Waals surface area (Å²) < 4.78 is 5.98. The SMILES string of the molecule is CCNC(=NCC1CCOC1c1ccccc1)NC(C)c1ccccc1.I. The first kappa shape index (κ1) is 21.7. The van der Waals surface area contributed by atoms with Crippen LogP contribution in [-0.2, 0) is 4.74 Å². The molecular formula is C22H30IN3O. The van der Waals surface area contributed by atoms with Crippen molar-refractivity contribution >= 4 is 29.9 Å². The predicted octanol–water partition coefficient (Wildman–Crippen LogP) is 4.70. The molecule has 3 rings (SSSR count). The highest BCUT2D eigenvalue weighted by Gasteiger charge is 2.29. The quantitative estimate of drug-likeness (QED) is 0.359. The lowest BCUT2D eigenvalue weighted by Gasteiger charge is -2.20. The van der Waals surface area contributed by atoms with Gasteiger partial charge in [-0.1, -0.05) is 60.7 Å². The van der Waals surface area contributed by atoms with Gasteiger partial charge in [0.2, 0.25) is 0 Å². The molecule has 146 valence electrons. The zero-order valence-electron chi connectivity index (χ0n) is 16.1. The molecule has 1 heterocycles. The van der Waals surface area contributed by atoms with Gasteiger partial charge in [-0.25, -0.2) is 0 Å². The van der Waals surface area contributed by atoms with Crippen molar-refractivity contribution in [1.29, 1.82) is 0 Å². The molecule has 0 aromatic heterocycles. The summed E-state index contributed by atoms with van der Waals surface area (Å²) in [6, 6.07) is 21.1. The van der Waals surface area contributed by atoms with Crippen LogP contribution in [0.1, 0.15) is 43.5 Å². The Morgan fingerprint density at radius 3 is 2.44 bits per heavy atom. The number of rotatable bonds is 6. The summed E-state index contributed by atoms with van der Waals surface area (Å²) in [4.78, 5) is 4.85. The molecule has 2 N–H and O–H groups in total. The minimum atomic E-state index is 0. The van der Waals surface area contributed by atoms with Gasteiger partial charge in [-0.05, 0) is 31.4 Å². The van der Waals surface area contributed by atoms with E-state index in [1.54, 1.807) is 0 Å². The van der Waals surface area contributed by atoms with Crippen molar-refractivity contribution in [2.75, 3.05) is 19.7 Å². The number of hydrogen-bond acceptors (Lipinski definition) is 2. The third-order valence-corrected chi connectivity index (χ3v) is 4.82. The average Bonchev–Trinajstić information content (AvgIpc) is 3.16. The van der Waals surface area contributed by atoms with E-state index in [0.717, 1.165) is 32.1 Å². The van der Waals surface area contributed by atoms with Crippen LogP contribution in [0.4, 0.5) is 0 Å². The van der Waals surface area contributed by atoms with Crippen molar-refractivity contribution in [3.8, 4) is 0 Å². The van der Waals surface area contributed by atoms with Crippen molar-refractivity contribution in [3.05, 3.63) is 71.8 Å². The Balaban J connectivity index is 0.00000261. The maximum absolute atomic E-state index is 5.98. The zero-order chi connectivity index (χ0) is 18.2. The van der Waals surface area contributed by atoms with Gasteiger partial charge < -0.3 is 15.4 Å². The van der Waals surface area contributed by atoms with Crippen LogP contribution in [0.15, 0.2) is 65.7 Å². The Hall–Kier alpha value is -1.60. The Bertz CT molecular complexity index is 693. The fourth-order valence-electron chi connectivity index (χ4n) is 3.39. The largest absolute Gasteiger partial charge is 0.373 e. The molecule has 0 radical (unpaired) electrons. The lowest BCUT2D eigenvalue weighted by atomic mass is 9.95. The van der Waals surface area contributed by atoms with Crippen molar-refractivity contribution in [1.82, 2.24) is 10.6 Å². The highest BCUT2D eigenvalue weighted by Crippen LogP contribution is 2.34. The number of guanidine groups is 1. The monoisotopic (exact) mass is 479 g/mol. The first-order chi connectivity index (χ1) is 12.8. The maximum Gasteiger partial charge on any atom is 0.191 e. The number of aliphatic imine (C=N–C) groups is 1. The Morgan fingerprint density at radius 2 is 1.78 bits per heavy atom. The van der Waals surface area contributed by atoms with Gasteiger partial charge in [0.25, 0.3) is 0 Å². The molecule has 0 spiro atoms. The second-order valence-electron chi connectivity index (χ2n) is 6.75. The van der Waals surface area contributed by atoms with Crippen LogP contribution in [0.25, 0.3) is 0 Å². The predicted molar refractivity (Wildman–Crippen MR) is 123 cm³/mol. The van der Waals surface area contributed by atoms with Gasteiger partial charge in [0.1, 0.15) is 0 Å². The van der Waals surface area contributed by atoms with Crippen LogP contribution < -0.4 is 10.6 Å². The fourth-order valence-corrected chi connectivity index (χ4v) is 3.39. The molecule has 3 unspecified atom stereocenters. The first-order valence-electron chi connectivity index (χ1n) is 9.54. The first-order valence-corrected chi connectivity index (χ1v) is 9.54. The number of nitrogens with zero attached hydrogens (tertiary/aromatic N) is 1. The summed E-state index contributed by atoms with van der Waals surface area (Å²) in [6.45, 7) is 6.67. The maximum atomic E-state index is 5.98. The van der Waals surface area contributed by atoms with Crippen LogP contribution >= 0.6 is 24.0 Å². The van der Waals surface area contributed by atoms with E-state index in [0.29, 0.717) is 5.92 Å². The summed E-state index contributed by atoms with van der Waals surface area (Å²) in [7, 11) is 0. The van der Waals surface area contributed by atoms with Crippen LogP contribution in [-0.4, -0.2) is 25.7 Å². The summed E-state index contributed by atoms with van der Waals surface area (Å²) >= 11 is 0. The molecule has 0 aliphatic carbocycles. The second-order valence-corrected chi connectivity index (χ2v) is 6.75. The lowest BCUT2D eigenvalue weighted by molar-refractivity contribution is 0.0925. The lowest BCUT2D eigenvalue weighted by Crippen LogP contribution is -2.39. The number of benzene rings is 2. The van der Waals surface area contributed by atoms with Gasteiger partial charge >= 0.3 is 0 Å². The molecule has 5 heteroatoms. The summed E-state index contributed by atoms with van der Waals surface area (Å²) in [6.07, 6.45) is 1.20. The molecule has 1 fully saturated rings. The Labute approximate surface area is 179 Å². The number of hydrogen-bond donors (Lipinski definition) is 2. The van der Waals surface area contributed by atoms with E-state index in [2.05, 4.69) is 73.0 Å². The third kappa shape index (κ3) is 6.21. The molecule has 1 aliphatic heterocycles. The molecule has 4 nitrogen and oxygen atoms in total. The van der Waals surface area contributed by atoms with E-state index in [1.165, 1.54) is 11.1 Å². The van der Waals surface area contributed by atoms with Crippen molar-refractivity contribution in [2.45, 2.75) is 32.4 Å². The van der Waals surface area contributed by atoms with Gasteiger partial charge in [-0.3, -0.25) is 4.99 Å². The Kier molecular flexibility index (Phi) is 9.07. The number of halogens is 1. The molecule has 0 bridgehead atoms. The number of nitrogens with one attached hydrogen (secondary N) is 2. The molecule has 27 heavy (non-hydrogen) atoms. The highest BCUT2D eigenvalue weighted by molar-refractivity contribution is 14.0. The van der Waals surface area contributed by atoms with Gasteiger partial charge in [0.15, 0.2) is 5.96 Å². The van der Waals surface area contributed by atoms with E-state index >= 15 is 0 Å². The molecule has 0 amide bonds. The van der Waals surface area contributed by atoms with Gasteiger partial charge in [-0.2, -0.15) is 0 Å². The summed E-state index contributed by atoms with van der Waals surface area (Å²) in [5.74, 6) is 1.28. The zero-order valence-corrected chi connectivity index (χ0v) is 18.4. The minimum Gasteiger partial charge on any atom is -0.373 e. The summed E-state index contributed by atoms with van der Waals surface area (Å²) in [5.41, 5.74) is 2.50. The summed E-state index contributed by atoms with van der Waals surface area (Å²) in [5, 5.41) is 6.87. The molecular weight excluding hydrogens is 449 g/mol. The van der Waals surface area contributed by atoms with Crippen molar-refractivity contribution in [3.63, 3.8) is 0 Å². The van der Waals surface area contributed by atoms with E-state index in [4.69, 9.17) is 9.73 Å². The van der Waals surface area contributed by atoms with Gasteiger partial charge in [0, 0.05) is 25.6 Å². The van der Waals surface area contributed by atoms with E-state index in [1.807, 2.05) is 12.1 Å². The molecule has 1 aliphatic rings. The third-order valence-electron chi connectivity index (χ3n) is 4.82. The normalized spacial score (nSPS) is 20.6.